The van der Waals surface area contributed by atoms with Gasteiger partial charge in [0.1, 0.15) is 11.3 Å². The number of H-pyrrole nitrogens is 2. The van der Waals surface area contributed by atoms with Crippen LogP contribution in [-0.4, -0.2) is 49.3 Å². The summed E-state index contributed by atoms with van der Waals surface area (Å²) in [6.07, 6.45) is 3.57. The summed E-state index contributed by atoms with van der Waals surface area (Å²) in [5.74, 6) is 0.172. The fourth-order valence-electron chi connectivity index (χ4n) is 3.74. The topological polar surface area (TPSA) is 133 Å². The standard InChI is InChI=1S/C21H24N6O4/c1-26-18-17(19(29)25-21(26)31)23-15(24-18)8-9-16(28)22-14-7-5-6-13(12-14)20(30)27-10-3-2-4-11-27/h5-7,12H,2-4,8-11H2,1H3,(H,22,28)(H,23,24)(H,25,29,31). The van der Waals surface area contributed by atoms with E-state index in [0.29, 0.717) is 17.1 Å². The normalized spacial score (nSPS) is 14.0. The Morgan fingerprint density at radius 2 is 1.90 bits per heavy atom. The number of likely N-dealkylation sites (tertiary alicyclic amines) is 1. The molecular weight excluding hydrogens is 400 g/mol. The first kappa shape index (κ1) is 20.6. The van der Waals surface area contributed by atoms with Gasteiger partial charge in [-0.2, -0.15) is 0 Å². The van der Waals surface area contributed by atoms with Crippen LogP contribution >= 0.6 is 0 Å². The molecule has 3 aromatic rings. The Balaban J connectivity index is 1.40. The van der Waals surface area contributed by atoms with Crippen molar-refractivity contribution in [3.63, 3.8) is 0 Å². The van der Waals surface area contributed by atoms with Gasteiger partial charge < -0.3 is 15.2 Å². The SMILES string of the molecule is Cn1c(=O)[nH]c(=O)c2[nH]c(CCC(=O)Nc3cccc(C(=O)N4CCCCC4)c3)nc21. The third kappa shape index (κ3) is 4.42. The van der Waals surface area contributed by atoms with Crippen molar-refractivity contribution in [2.75, 3.05) is 18.4 Å². The lowest BCUT2D eigenvalue weighted by molar-refractivity contribution is -0.116. The van der Waals surface area contributed by atoms with E-state index in [0.717, 1.165) is 32.4 Å². The van der Waals surface area contributed by atoms with Crippen molar-refractivity contribution >= 4 is 28.7 Å². The molecule has 0 atom stereocenters. The molecule has 0 aliphatic carbocycles. The summed E-state index contributed by atoms with van der Waals surface area (Å²) in [6, 6.07) is 6.92. The maximum absolute atomic E-state index is 12.7. The van der Waals surface area contributed by atoms with E-state index in [1.807, 2.05) is 4.90 Å². The predicted octanol–water partition coefficient (Wildman–Crippen LogP) is 1.15. The highest BCUT2D eigenvalue weighted by Crippen LogP contribution is 2.17. The Bertz CT molecular complexity index is 1250. The van der Waals surface area contributed by atoms with Crippen molar-refractivity contribution in [3.8, 4) is 0 Å². The van der Waals surface area contributed by atoms with Gasteiger partial charge in [0.25, 0.3) is 11.5 Å². The van der Waals surface area contributed by atoms with E-state index in [1.165, 1.54) is 11.6 Å². The summed E-state index contributed by atoms with van der Waals surface area (Å²) >= 11 is 0. The third-order valence-electron chi connectivity index (χ3n) is 5.43. The Hall–Kier alpha value is -3.69. The van der Waals surface area contributed by atoms with E-state index in [-0.39, 0.29) is 35.8 Å². The fourth-order valence-corrected chi connectivity index (χ4v) is 3.74. The molecule has 0 saturated carbocycles. The highest BCUT2D eigenvalue weighted by molar-refractivity contribution is 5.97. The van der Waals surface area contributed by atoms with E-state index >= 15 is 0 Å². The van der Waals surface area contributed by atoms with Crippen molar-refractivity contribution < 1.29 is 9.59 Å². The number of benzene rings is 1. The minimum absolute atomic E-state index is 0.0195. The van der Waals surface area contributed by atoms with Crippen LogP contribution in [0.25, 0.3) is 11.2 Å². The molecule has 10 heteroatoms. The van der Waals surface area contributed by atoms with Gasteiger partial charge in [-0.15, -0.1) is 0 Å². The van der Waals surface area contributed by atoms with Gasteiger partial charge in [-0.25, -0.2) is 9.78 Å². The lowest BCUT2D eigenvalue weighted by Crippen LogP contribution is -2.35. The number of anilines is 1. The molecule has 1 aliphatic heterocycles. The number of fused-ring (bicyclic) bond motifs is 1. The van der Waals surface area contributed by atoms with Gasteiger partial charge in [0.05, 0.1) is 0 Å². The number of amides is 2. The van der Waals surface area contributed by atoms with E-state index in [2.05, 4.69) is 20.3 Å². The maximum atomic E-state index is 12.7. The number of aromatic amines is 2. The molecule has 162 valence electrons. The average molecular weight is 424 g/mol. The van der Waals surface area contributed by atoms with Crippen LogP contribution in [0.2, 0.25) is 0 Å². The number of hydrogen-bond donors (Lipinski definition) is 3. The van der Waals surface area contributed by atoms with Gasteiger partial charge >= 0.3 is 5.69 Å². The largest absolute Gasteiger partial charge is 0.339 e. The molecule has 0 bridgehead atoms. The van der Waals surface area contributed by atoms with Gasteiger partial charge in [-0.3, -0.25) is 23.9 Å². The van der Waals surface area contributed by atoms with Crippen molar-refractivity contribution in [2.24, 2.45) is 7.05 Å². The minimum Gasteiger partial charge on any atom is -0.339 e. The van der Waals surface area contributed by atoms with Crippen molar-refractivity contribution in [3.05, 3.63) is 56.5 Å². The smallest absolute Gasteiger partial charge is 0.329 e. The Kier molecular flexibility index (Phi) is 5.70. The quantitative estimate of drug-likeness (QED) is 0.565. The number of piperidine rings is 1. The van der Waals surface area contributed by atoms with Crippen LogP contribution in [0.3, 0.4) is 0 Å². The van der Waals surface area contributed by atoms with Gasteiger partial charge in [-0.05, 0) is 37.5 Å². The summed E-state index contributed by atoms with van der Waals surface area (Å²) in [4.78, 5) is 59.8. The second kappa shape index (κ2) is 8.58. The van der Waals surface area contributed by atoms with E-state index in [1.54, 1.807) is 24.3 Å². The molecule has 0 unspecified atom stereocenters. The minimum atomic E-state index is -0.549. The number of hydrogen-bond acceptors (Lipinski definition) is 5. The second-order valence-corrected chi connectivity index (χ2v) is 7.68. The summed E-state index contributed by atoms with van der Waals surface area (Å²) in [7, 11) is 1.51. The molecule has 4 rings (SSSR count). The number of rotatable bonds is 5. The van der Waals surface area contributed by atoms with Crippen molar-refractivity contribution in [1.29, 1.82) is 0 Å². The summed E-state index contributed by atoms with van der Waals surface area (Å²) in [5, 5.41) is 2.80. The highest BCUT2D eigenvalue weighted by atomic mass is 16.2. The molecule has 0 radical (unpaired) electrons. The fraction of sp³-hybridized carbons (Fsp3) is 0.381. The number of nitrogens with zero attached hydrogens (tertiary/aromatic N) is 3. The molecule has 2 aromatic heterocycles. The van der Waals surface area contributed by atoms with Crippen LogP contribution in [-0.2, 0) is 18.3 Å². The third-order valence-corrected chi connectivity index (χ3v) is 5.43. The van der Waals surface area contributed by atoms with Crippen molar-refractivity contribution in [1.82, 2.24) is 24.4 Å². The number of imidazole rings is 1. The van der Waals surface area contributed by atoms with Crippen molar-refractivity contribution in [2.45, 2.75) is 32.1 Å². The lowest BCUT2D eigenvalue weighted by Gasteiger charge is -2.26. The molecule has 0 spiro atoms. The Labute approximate surface area is 177 Å². The van der Waals surface area contributed by atoms with Crippen LogP contribution in [0.4, 0.5) is 5.69 Å². The number of aryl methyl sites for hydroxylation is 2. The first-order valence-corrected chi connectivity index (χ1v) is 10.3. The molecule has 31 heavy (non-hydrogen) atoms. The lowest BCUT2D eigenvalue weighted by atomic mass is 10.1. The zero-order chi connectivity index (χ0) is 22.0. The van der Waals surface area contributed by atoms with E-state index in [9.17, 15) is 19.2 Å². The molecular formula is C21H24N6O4. The van der Waals surface area contributed by atoms with Crippen LogP contribution in [0.1, 0.15) is 41.9 Å². The van der Waals surface area contributed by atoms with Gasteiger partial charge in [0.15, 0.2) is 5.65 Å². The van der Waals surface area contributed by atoms with Crippen LogP contribution < -0.4 is 16.6 Å². The van der Waals surface area contributed by atoms with Gasteiger partial charge in [-0.1, -0.05) is 6.07 Å². The number of carbonyl (C=O) groups excluding carboxylic acids is 2. The molecule has 1 saturated heterocycles. The van der Waals surface area contributed by atoms with Crippen LogP contribution in [0.5, 0.6) is 0 Å². The molecule has 3 N–H and O–H groups in total. The Morgan fingerprint density at radius 1 is 1.13 bits per heavy atom. The van der Waals surface area contributed by atoms with Gasteiger partial charge in [0, 0.05) is 44.2 Å². The Morgan fingerprint density at radius 3 is 2.68 bits per heavy atom. The summed E-state index contributed by atoms with van der Waals surface area (Å²) in [6.45, 7) is 1.53. The summed E-state index contributed by atoms with van der Waals surface area (Å²) < 4.78 is 1.24. The zero-order valence-electron chi connectivity index (χ0n) is 17.2. The van der Waals surface area contributed by atoms with Crippen LogP contribution in [0.15, 0.2) is 33.9 Å². The first-order valence-electron chi connectivity index (χ1n) is 10.3. The second-order valence-electron chi connectivity index (χ2n) is 7.68. The monoisotopic (exact) mass is 424 g/mol. The van der Waals surface area contributed by atoms with Gasteiger partial charge in [0.2, 0.25) is 5.91 Å². The predicted molar refractivity (Wildman–Crippen MR) is 115 cm³/mol. The molecule has 1 fully saturated rings. The highest BCUT2D eigenvalue weighted by Gasteiger charge is 2.18. The molecule has 1 aromatic carbocycles. The van der Waals surface area contributed by atoms with Crippen LogP contribution in [0, 0.1) is 0 Å². The maximum Gasteiger partial charge on any atom is 0.329 e. The number of nitrogens with one attached hydrogen (secondary N) is 3. The average Bonchev–Trinajstić information content (AvgIpc) is 3.22. The molecule has 1 aliphatic rings. The summed E-state index contributed by atoms with van der Waals surface area (Å²) in [5.41, 5.74) is 0.451. The number of carbonyl (C=O) groups is 2. The number of aromatic nitrogens is 4. The van der Waals surface area contributed by atoms with E-state index in [4.69, 9.17) is 0 Å². The van der Waals surface area contributed by atoms with E-state index < -0.39 is 11.2 Å². The molecule has 10 nitrogen and oxygen atoms in total. The molecule has 2 amide bonds. The first-order chi connectivity index (χ1) is 14.9. The zero-order valence-corrected chi connectivity index (χ0v) is 17.2. The molecule has 3 heterocycles.